The lowest BCUT2D eigenvalue weighted by atomic mass is 10.5. The molecule has 0 fully saturated rings. The molecule has 2 rings (SSSR count). The first kappa shape index (κ1) is 14.6. The summed E-state index contributed by atoms with van der Waals surface area (Å²) in [6.07, 6.45) is 4.15. The molecule has 0 amide bonds. The molecular weight excluding hydrogens is 284 g/mol. The molecule has 0 saturated carbocycles. The number of aromatic nitrogens is 5. The van der Waals surface area contributed by atoms with E-state index in [1.807, 2.05) is 0 Å². The molecule has 1 N–H and O–H groups in total. The van der Waals surface area contributed by atoms with Crippen LogP contribution in [0.4, 0.5) is 0 Å². The van der Waals surface area contributed by atoms with Crippen molar-refractivity contribution in [1.82, 2.24) is 29.3 Å². The predicted octanol–water partition coefficient (Wildman–Crippen LogP) is -0.532. The molecule has 0 radical (unpaired) electrons. The van der Waals surface area contributed by atoms with Crippen molar-refractivity contribution >= 4 is 10.0 Å². The Labute approximate surface area is 116 Å². The Balaban J connectivity index is 2.12. The summed E-state index contributed by atoms with van der Waals surface area (Å²) in [5.74, 6) is 0.552. The van der Waals surface area contributed by atoms with Crippen molar-refractivity contribution in [2.45, 2.75) is 18.0 Å². The zero-order valence-electron chi connectivity index (χ0n) is 11.2. The summed E-state index contributed by atoms with van der Waals surface area (Å²) in [6, 6.07) is 0. The van der Waals surface area contributed by atoms with Crippen molar-refractivity contribution in [1.29, 1.82) is 0 Å². The maximum absolute atomic E-state index is 12.2. The minimum absolute atomic E-state index is 0.114. The lowest BCUT2D eigenvalue weighted by molar-refractivity contribution is 0.185. The lowest BCUT2D eigenvalue weighted by Gasteiger charge is -2.15. The van der Waals surface area contributed by atoms with Gasteiger partial charge >= 0.3 is 0 Å². The van der Waals surface area contributed by atoms with Crippen molar-refractivity contribution in [2.75, 3.05) is 20.8 Å². The van der Waals surface area contributed by atoms with Crippen LogP contribution in [0.5, 0.6) is 0 Å². The zero-order chi connectivity index (χ0) is 14.6. The lowest BCUT2D eigenvalue weighted by Crippen LogP contribution is -2.28. The highest BCUT2D eigenvalue weighted by Gasteiger charge is 2.23. The van der Waals surface area contributed by atoms with E-state index >= 15 is 0 Å². The van der Waals surface area contributed by atoms with Gasteiger partial charge in [-0.3, -0.25) is 5.10 Å². The number of rotatable bonds is 7. The van der Waals surface area contributed by atoms with Gasteiger partial charge in [0.15, 0.2) is 0 Å². The van der Waals surface area contributed by atoms with Crippen molar-refractivity contribution < 1.29 is 13.2 Å². The van der Waals surface area contributed by atoms with Crippen molar-refractivity contribution in [3.8, 4) is 0 Å². The van der Waals surface area contributed by atoms with E-state index in [9.17, 15) is 8.42 Å². The summed E-state index contributed by atoms with van der Waals surface area (Å²) in [7, 11) is -0.501. The van der Waals surface area contributed by atoms with Crippen molar-refractivity contribution in [3.63, 3.8) is 0 Å². The summed E-state index contributed by atoms with van der Waals surface area (Å²) < 4.78 is 32.4. The van der Waals surface area contributed by atoms with Crippen LogP contribution in [0.25, 0.3) is 0 Å². The number of nitrogens with one attached hydrogen (secondary N) is 1. The first-order valence-corrected chi connectivity index (χ1v) is 7.30. The maximum Gasteiger partial charge on any atom is 0.246 e. The SMILES string of the molecule is COCCn1cnnc1CN(C)S(=O)(=O)c1cn[nH]c1. The maximum atomic E-state index is 12.2. The van der Waals surface area contributed by atoms with Gasteiger partial charge in [0, 0.05) is 26.9 Å². The summed E-state index contributed by atoms with van der Waals surface area (Å²) >= 11 is 0. The molecule has 0 unspecified atom stereocenters. The summed E-state index contributed by atoms with van der Waals surface area (Å²) in [4.78, 5) is 0.114. The number of hydrogen-bond acceptors (Lipinski definition) is 6. The normalized spacial score (nSPS) is 12.2. The van der Waals surface area contributed by atoms with Gasteiger partial charge < -0.3 is 9.30 Å². The second-order valence-corrected chi connectivity index (χ2v) is 6.17. The molecule has 2 heterocycles. The second kappa shape index (κ2) is 6.11. The molecule has 0 aliphatic carbocycles. The molecule has 0 saturated heterocycles. The monoisotopic (exact) mass is 300 g/mol. The standard InChI is InChI=1S/C10H16N6O3S/c1-15(20(17,18)9-5-11-12-6-9)7-10-14-13-8-16(10)3-4-19-2/h5-6,8H,3-4,7H2,1-2H3,(H,11,12). The summed E-state index contributed by atoms with van der Waals surface area (Å²) in [5, 5.41) is 13.9. The van der Waals surface area contributed by atoms with E-state index in [2.05, 4.69) is 20.4 Å². The van der Waals surface area contributed by atoms with Crippen LogP contribution in [-0.2, 0) is 27.8 Å². The van der Waals surface area contributed by atoms with Gasteiger partial charge in [-0.2, -0.15) is 9.40 Å². The van der Waals surface area contributed by atoms with Crippen LogP contribution in [0.2, 0.25) is 0 Å². The third-order valence-corrected chi connectivity index (χ3v) is 4.55. The summed E-state index contributed by atoms with van der Waals surface area (Å²) in [5.41, 5.74) is 0. The van der Waals surface area contributed by atoms with Gasteiger partial charge in [-0.05, 0) is 0 Å². The van der Waals surface area contributed by atoms with Gasteiger partial charge in [0.1, 0.15) is 17.0 Å². The number of H-pyrrole nitrogens is 1. The Bertz CT molecular complexity index is 636. The van der Waals surface area contributed by atoms with E-state index in [1.165, 1.54) is 23.7 Å². The molecule has 110 valence electrons. The molecule has 2 aromatic heterocycles. The molecule has 0 spiro atoms. The molecule has 2 aromatic rings. The van der Waals surface area contributed by atoms with Crippen LogP contribution >= 0.6 is 0 Å². The fourth-order valence-electron chi connectivity index (χ4n) is 1.62. The van der Waals surface area contributed by atoms with Gasteiger partial charge in [-0.15, -0.1) is 10.2 Å². The number of hydrogen-bond donors (Lipinski definition) is 1. The molecule has 0 aromatic carbocycles. The summed E-state index contributed by atoms with van der Waals surface area (Å²) in [6.45, 7) is 1.19. The molecule has 0 aliphatic heterocycles. The second-order valence-electron chi connectivity index (χ2n) is 4.13. The van der Waals surface area contributed by atoms with Gasteiger partial charge in [0.25, 0.3) is 0 Å². The minimum atomic E-state index is -3.58. The highest BCUT2D eigenvalue weighted by atomic mass is 32.2. The van der Waals surface area contributed by atoms with Crippen molar-refractivity contribution in [3.05, 3.63) is 24.5 Å². The van der Waals surface area contributed by atoms with Crippen LogP contribution in [-0.4, -0.2) is 58.4 Å². The minimum Gasteiger partial charge on any atom is -0.383 e. The Morgan fingerprint density at radius 3 is 2.95 bits per heavy atom. The fraction of sp³-hybridized carbons (Fsp3) is 0.500. The largest absolute Gasteiger partial charge is 0.383 e. The Hall–Kier alpha value is -1.78. The average molecular weight is 300 g/mol. The highest BCUT2D eigenvalue weighted by Crippen LogP contribution is 2.14. The fourth-order valence-corrected chi connectivity index (χ4v) is 2.65. The van der Waals surface area contributed by atoms with Crippen LogP contribution in [0.1, 0.15) is 5.82 Å². The third kappa shape index (κ3) is 3.03. The first-order chi connectivity index (χ1) is 9.55. The van der Waals surface area contributed by atoms with E-state index in [0.29, 0.717) is 19.0 Å². The Morgan fingerprint density at radius 1 is 1.50 bits per heavy atom. The van der Waals surface area contributed by atoms with Gasteiger partial charge in [-0.25, -0.2) is 8.42 Å². The molecule has 0 bridgehead atoms. The average Bonchev–Trinajstić information content (AvgIpc) is 3.08. The third-order valence-electron chi connectivity index (χ3n) is 2.78. The van der Waals surface area contributed by atoms with Gasteiger partial charge in [0.05, 0.1) is 19.3 Å². The number of aromatic amines is 1. The van der Waals surface area contributed by atoms with Gasteiger partial charge in [-0.1, -0.05) is 0 Å². The number of methoxy groups -OCH3 is 1. The topological polar surface area (TPSA) is 106 Å². The Kier molecular flexibility index (Phi) is 4.47. The predicted molar refractivity (Wildman–Crippen MR) is 69.1 cm³/mol. The molecule has 0 atom stereocenters. The smallest absolute Gasteiger partial charge is 0.246 e. The van der Waals surface area contributed by atoms with Crippen molar-refractivity contribution in [2.24, 2.45) is 0 Å². The zero-order valence-corrected chi connectivity index (χ0v) is 12.0. The van der Waals surface area contributed by atoms with E-state index in [0.717, 1.165) is 0 Å². The van der Waals surface area contributed by atoms with E-state index < -0.39 is 10.0 Å². The molecule has 10 heteroatoms. The van der Waals surface area contributed by atoms with E-state index in [4.69, 9.17) is 4.74 Å². The number of sulfonamides is 1. The van der Waals surface area contributed by atoms with E-state index in [1.54, 1.807) is 18.0 Å². The first-order valence-electron chi connectivity index (χ1n) is 5.86. The molecule has 9 nitrogen and oxygen atoms in total. The number of ether oxygens (including phenoxy) is 1. The molecular formula is C10H16N6O3S. The Morgan fingerprint density at radius 2 is 2.30 bits per heavy atom. The number of nitrogens with zero attached hydrogens (tertiary/aromatic N) is 5. The molecule has 20 heavy (non-hydrogen) atoms. The highest BCUT2D eigenvalue weighted by molar-refractivity contribution is 7.89. The van der Waals surface area contributed by atoms with E-state index in [-0.39, 0.29) is 11.4 Å². The van der Waals surface area contributed by atoms with Crippen LogP contribution in [0.3, 0.4) is 0 Å². The molecule has 0 aliphatic rings. The van der Waals surface area contributed by atoms with Crippen LogP contribution in [0, 0.1) is 0 Å². The quantitative estimate of drug-likeness (QED) is 0.736. The van der Waals surface area contributed by atoms with Crippen LogP contribution < -0.4 is 0 Å². The van der Waals surface area contributed by atoms with Gasteiger partial charge in [0.2, 0.25) is 10.0 Å². The van der Waals surface area contributed by atoms with Crippen LogP contribution in [0.15, 0.2) is 23.6 Å².